The zero-order valence-electron chi connectivity index (χ0n) is 8.76. The van der Waals surface area contributed by atoms with Gasteiger partial charge >= 0.3 is 0 Å². The van der Waals surface area contributed by atoms with Gasteiger partial charge in [0.15, 0.2) is 0 Å². The van der Waals surface area contributed by atoms with Crippen LogP contribution in [0.1, 0.15) is 30.9 Å². The van der Waals surface area contributed by atoms with Crippen LogP contribution in [0.15, 0.2) is 18.2 Å². The first kappa shape index (κ1) is 11.2. The molecular weight excluding hydrogens is 179 g/mol. The van der Waals surface area contributed by atoms with E-state index < -0.39 is 0 Å². The fourth-order valence-corrected chi connectivity index (χ4v) is 1.55. The standard InChI is InChI=1S/C12H17FO/c1-3-4-12(14)8-10-7-11(13)6-5-9(10)2/h5-7,12,14H,3-4,8H2,1-2H3. The van der Waals surface area contributed by atoms with Gasteiger partial charge in [-0.2, -0.15) is 0 Å². The second kappa shape index (κ2) is 5.11. The van der Waals surface area contributed by atoms with Crippen molar-refractivity contribution in [2.75, 3.05) is 0 Å². The average Bonchev–Trinajstić information content (AvgIpc) is 2.12. The summed E-state index contributed by atoms with van der Waals surface area (Å²) < 4.78 is 12.9. The number of hydrogen-bond donors (Lipinski definition) is 1. The van der Waals surface area contributed by atoms with Crippen LogP contribution in [0.2, 0.25) is 0 Å². The lowest BCUT2D eigenvalue weighted by Crippen LogP contribution is -2.10. The zero-order valence-corrected chi connectivity index (χ0v) is 8.76. The third-order valence-corrected chi connectivity index (χ3v) is 2.39. The van der Waals surface area contributed by atoms with Gasteiger partial charge in [-0.05, 0) is 43.0 Å². The summed E-state index contributed by atoms with van der Waals surface area (Å²) in [6, 6.07) is 4.71. The summed E-state index contributed by atoms with van der Waals surface area (Å²) in [5.74, 6) is -0.228. The van der Waals surface area contributed by atoms with E-state index in [2.05, 4.69) is 0 Å². The first-order chi connectivity index (χ1) is 6.63. The van der Waals surface area contributed by atoms with Crippen LogP contribution in [0, 0.1) is 12.7 Å². The molecule has 1 N–H and O–H groups in total. The van der Waals surface area contributed by atoms with Gasteiger partial charge in [-0.15, -0.1) is 0 Å². The molecule has 0 aliphatic heterocycles. The molecule has 0 saturated carbocycles. The fraction of sp³-hybridized carbons (Fsp3) is 0.500. The number of aliphatic hydroxyl groups is 1. The molecule has 1 aromatic rings. The summed E-state index contributed by atoms with van der Waals surface area (Å²) in [6.07, 6.45) is 1.93. The van der Waals surface area contributed by atoms with Gasteiger partial charge in [0.25, 0.3) is 0 Å². The molecule has 0 radical (unpaired) electrons. The topological polar surface area (TPSA) is 20.2 Å². The molecule has 14 heavy (non-hydrogen) atoms. The maximum atomic E-state index is 12.9. The highest BCUT2D eigenvalue weighted by Gasteiger charge is 2.07. The third kappa shape index (κ3) is 3.11. The molecule has 0 bridgehead atoms. The maximum Gasteiger partial charge on any atom is 0.123 e. The second-order valence-electron chi connectivity index (χ2n) is 3.72. The highest BCUT2D eigenvalue weighted by atomic mass is 19.1. The number of aliphatic hydroxyl groups excluding tert-OH is 1. The van der Waals surface area contributed by atoms with E-state index in [0.29, 0.717) is 6.42 Å². The quantitative estimate of drug-likeness (QED) is 0.785. The van der Waals surface area contributed by atoms with E-state index in [9.17, 15) is 9.50 Å². The third-order valence-electron chi connectivity index (χ3n) is 2.39. The van der Waals surface area contributed by atoms with Crippen LogP contribution in [0.4, 0.5) is 4.39 Å². The molecule has 0 fully saturated rings. The summed E-state index contributed by atoms with van der Waals surface area (Å²) in [6.45, 7) is 3.97. The SMILES string of the molecule is CCCC(O)Cc1cc(F)ccc1C. The largest absolute Gasteiger partial charge is 0.393 e. The van der Waals surface area contributed by atoms with Crippen LogP contribution in [0.5, 0.6) is 0 Å². The van der Waals surface area contributed by atoms with Crippen molar-refractivity contribution in [1.82, 2.24) is 0 Å². The van der Waals surface area contributed by atoms with Gasteiger partial charge in [-0.3, -0.25) is 0 Å². The number of rotatable bonds is 4. The van der Waals surface area contributed by atoms with Crippen molar-refractivity contribution in [2.24, 2.45) is 0 Å². The average molecular weight is 196 g/mol. The summed E-state index contributed by atoms with van der Waals surface area (Å²) in [7, 11) is 0. The molecule has 0 aliphatic carbocycles. The molecule has 2 heteroatoms. The molecule has 0 aromatic heterocycles. The molecule has 0 aliphatic rings. The molecule has 78 valence electrons. The van der Waals surface area contributed by atoms with E-state index in [0.717, 1.165) is 24.0 Å². The number of aryl methyl sites for hydroxylation is 1. The molecule has 1 aromatic carbocycles. The van der Waals surface area contributed by atoms with Gasteiger partial charge in [0.05, 0.1) is 6.10 Å². The minimum atomic E-state index is -0.347. The molecule has 1 unspecified atom stereocenters. The Kier molecular flexibility index (Phi) is 4.08. The lowest BCUT2D eigenvalue weighted by atomic mass is 10.0. The highest BCUT2D eigenvalue weighted by molar-refractivity contribution is 5.27. The highest BCUT2D eigenvalue weighted by Crippen LogP contribution is 2.14. The minimum absolute atomic E-state index is 0.228. The van der Waals surface area contributed by atoms with Crippen molar-refractivity contribution in [3.8, 4) is 0 Å². The van der Waals surface area contributed by atoms with E-state index >= 15 is 0 Å². The molecule has 1 nitrogen and oxygen atoms in total. The minimum Gasteiger partial charge on any atom is -0.393 e. The van der Waals surface area contributed by atoms with Gasteiger partial charge in [-0.25, -0.2) is 4.39 Å². The zero-order chi connectivity index (χ0) is 10.6. The Balaban J connectivity index is 2.70. The number of hydrogen-bond acceptors (Lipinski definition) is 1. The number of benzene rings is 1. The summed E-state index contributed by atoms with van der Waals surface area (Å²) in [5, 5.41) is 9.60. The van der Waals surface area contributed by atoms with Gasteiger partial charge in [0.1, 0.15) is 5.82 Å². The second-order valence-corrected chi connectivity index (χ2v) is 3.72. The smallest absolute Gasteiger partial charge is 0.123 e. The fourth-order valence-electron chi connectivity index (χ4n) is 1.55. The van der Waals surface area contributed by atoms with Crippen LogP contribution in [-0.2, 0) is 6.42 Å². The van der Waals surface area contributed by atoms with E-state index in [1.54, 1.807) is 6.07 Å². The van der Waals surface area contributed by atoms with Gasteiger partial charge in [0.2, 0.25) is 0 Å². The van der Waals surface area contributed by atoms with Gasteiger partial charge < -0.3 is 5.11 Å². The Morgan fingerprint density at radius 3 is 2.79 bits per heavy atom. The van der Waals surface area contributed by atoms with E-state index in [4.69, 9.17) is 0 Å². The molecule has 0 spiro atoms. The predicted octanol–water partition coefficient (Wildman–Crippen LogP) is 2.84. The van der Waals surface area contributed by atoms with Crippen LogP contribution in [0.3, 0.4) is 0 Å². The van der Waals surface area contributed by atoms with Crippen molar-refractivity contribution in [3.05, 3.63) is 35.1 Å². The lowest BCUT2D eigenvalue weighted by molar-refractivity contribution is 0.163. The molecule has 1 atom stereocenters. The molecular formula is C12H17FO. The lowest BCUT2D eigenvalue weighted by Gasteiger charge is -2.11. The Hall–Kier alpha value is -0.890. The van der Waals surface area contributed by atoms with E-state index in [1.165, 1.54) is 12.1 Å². The van der Waals surface area contributed by atoms with Crippen LogP contribution >= 0.6 is 0 Å². The number of halogens is 1. The van der Waals surface area contributed by atoms with Crippen molar-refractivity contribution in [2.45, 2.75) is 39.2 Å². The maximum absolute atomic E-state index is 12.9. The predicted molar refractivity (Wildman–Crippen MR) is 55.8 cm³/mol. The summed E-state index contributed by atoms with van der Waals surface area (Å²) in [5.41, 5.74) is 1.95. The van der Waals surface area contributed by atoms with E-state index in [-0.39, 0.29) is 11.9 Å². The molecule has 0 heterocycles. The van der Waals surface area contributed by atoms with Crippen molar-refractivity contribution >= 4 is 0 Å². The van der Waals surface area contributed by atoms with Crippen LogP contribution in [0.25, 0.3) is 0 Å². The van der Waals surface area contributed by atoms with E-state index in [1.807, 2.05) is 13.8 Å². The van der Waals surface area contributed by atoms with Gasteiger partial charge in [-0.1, -0.05) is 19.4 Å². The Morgan fingerprint density at radius 2 is 2.14 bits per heavy atom. The summed E-state index contributed by atoms with van der Waals surface area (Å²) >= 11 is 0. The Morgan fingerprint density at radius 1 is 1.43 bits per heavy atom. The molecule has 0 amide bonds. The molecule has 1 rings (SSSR count). The van der Waals surface area contributed by atoms with Crippen LogP contribution in [-0.4, -0.2) is 11.2 Å². The first-order valence-electron chi connectivity index (χ1n) is 5.06. The first-order valence-corrected chi connectivity index (χ1v) is 5.06. The summed E-state index contributed by atoms with van der Waals surface area (Å²) in [4.78, 5) is 0. The normalized spacial score (nSPS) is 12.9. The van der Waals surface area contributed by atoms with Crippen molar-refractivity contribution in [3.63, 3.8) is 0 Å². The molecule has 0 saturated heterocycles. The van der Waals surface area contributed by atoms with Crippen LogP contribution < -0.4 is 0 Å². The Bertz CT molecular complexity index is 296. The van der Waals surface area contributed by atoms with Gasteiger partial charge in [0, 0.05) is 0 Å². The monoisotopic (exact) mass is 196 g/mol. The van der Waals surface area contributed by atoms with Crippen molar-refractivity contribution < 1.29 is 9.50 Å². The van der Waals surface area contributed by atoms with Crippen molar-refractivity contribution in [1.29, 1.82) is 0 Å². The Labute approximate surface area is 84.6 Å².